The third-order valence-corrected chi connectivity index (χ3v) is 4.44. The van der Waals surface area contributed by atoms with Crippen molar-refractivity contribution in [3.05, 3.63) is 47.0 Å². The third-order valence-electron chi connectivity index (χ3n) is 3.20. The molecule has 0 saturated heterocycles. The number of nitrogens with zero attached hydrogens (tertiary/aromatic N) is 2. The van der Waals surface area contributed by atoms with Crippen molar-refractivity contribution in [3.63, 3.8) is 0 Å². The largest absolute Gasteiger partial charge is 0.465 e. The second kappa shape index (κ2) is 9.80. The molecule has 1 aromatic carbocycles. The van der Waals surface area contributed by atoms with Crippen LogP contribution >= 0.6 is 23.4 Å². The van der Waals surface area contributed by atoms with E-state index >= 15 is 0 Å². The molecule has 1 heterocycles. The highest BCUT2D eigenvalue weighted by Gasteiger charge is 2.12. The molecule has 0 aliphatic rings. The summed E-state index contributed by atoms with van der Waals surface area (Å²) >= 11 is 7.02. The Morgan fingerprint density at radius 1 is 1.27 bits per heavy atom. The van der Waals surface area contributed by atoms with Gasteiger partial charge in [0.05, 0.1) is 23.6 Å². The average molecular weight is 390 g/mol. The zero-order chi connectivity index (χ0) is 18.9. The zero-order valence-electron chi connectivity index (χ0n) is 14.0. The number of hydrogen-bond donors (Lipinski definition) is 1. The number of nitrogens with one attached hydrogen (secondary N) is 1. The van der Waals surface area contributed by atoms with E-state index < -0.39 is 5.97 Å². The normalized spacial score (nSPS) is 10.0. The molecule has 2 aromatic rings. The van der Waals surface area contributed by atoms with E-state index in [1.165, 1.54) is 0 Å². The molecule has 1 N–H and O–H groups in total. The number of nitriles is 1. The molecule has 26 heavy (non-hydrogen) atoms. The molecule has 8 heteroatoms. The van der Waals surface area contributed by atoms with Crippen LogP contribution in [0.5, 0.6) is 0 Å². The van der Waals surface area contributed by atoms with Crippen LogP contribution in [0.3, 0.4) is 0 Å². The van der Waals surface area contributed by atoms with E-state index in [9.17, 15) is 14.9 Å². The predicted molar refractivity (Wildman–Crippen MR) is 99.8 cm³/mol. The number of esters is 1. The van der Waals surface area contributed by atoms with Gasteiger partial charge < -0.3 is 10.1 Å². The fourth-order valence-corrected chi connectivity index (χ4v) is 2.91. The molecule has 0 spiro atoms. The van der Waals surface area contributed by atoms with Crippen molar-refractivity contribution in [1.29, 1.82) is 5.26 Å². The molecule has 6 nitrogen and oxygen atoms in total. The summed E-state index contributed by atoms with van der Waals surface area (Å²) in [6.07, 6.45) is 0. The first-order chi connectivity index (χ1) is 12.5. The summed E-state index contributed by atoms with van der Waals surface area (Å²) in [6, 6.07) is 12.6. The molecule has 0 aliphatic carbocycles. The Labute approximate surface area is 160 Å². The SMILES string of the molecule is CCOC(=O)CNC(=O)CSc1nc(-c2ccc(Cl)cc2)ccc1C#N. The Morgan fingerprint density at radius 2 is 2.00 bits per heavy atom. The van der Waals surface area contributed by atoms with E-state index in [4.69, 9.17) is 16.3 Å². The number of benzene rings is 1. The molecule has 0 unspecified atom stereocenters. The van der Waals surface area contributed by atoms with E-state index in [-0.39, 0.29) is 24.8 Å². The second-order valence-corrected chi connectivity index (χ2v) is 6.44. The molecule has 0 atom stereocenters. The van der Waals surface area contributed by atoms with Crippen molar-refractivity contribution in [1.82, 2.24) is 10.3 Å². The first kappa shape index (κ1) is 19.8. The molecule has 1 amide bonds. The van der Waals surface area contributed by atoms with E-state index in [1.54, 1.807) is 31.2 Å². The van der Waals surface area contributed by atoms with E-state index in [0.29, 0.717) is 21.3 Å². The molecular formula is C18H16ClN3O3S. The van der Waals surface area contributed by atoms with Gasteiger partial charge in [0, 0.05) is 10.6 Å². The minimum Gasteiger partial charge on any atom is -0.465 e. The van der Waals surface area contributed by atoms with E-state index in [0.717, 1.165) is 17.3 Å². The third kappa shape index (κ3) is 5.76. The molecule has 0 aliphatic heterocycles. The first-order valence-corrected chi connectivity index (χ1v) is 9.12. The second-order valence-electron chi connectivity index (χ2n) is 5.04. The summed E-state index contributed by atoms with van der Waals surface area (Å²) < 4.78 is 4.74. The number of thioether (sulfide) groups is 1. The Morgan fingerprint density at radius 3 is 2.65 bits per heavy atom. The first-order valence-electron chi connectivity index (χ1n) is 7.75. The van der Waals surface area contributed by atoms with Crippen molar-refractivity contribution >= 4 is 35.2 Å². The number of aromatic nitrogens is 1. The molecule has 2 rings (SSSR count). The number of halogens is 1. The standard InChI is InChI=1S/C18H16ClN3O3S/c1-2-25-17(24)10-21-16(23)11-26-18-13(9-20)5-8-15(22-18)12-3-6-14(19)7-4-12/h3-8H,2,10-11H2,1H3,(H,21,23). The number of pyridine rings is 1. The van der Waals surface area contributed by atoms with Crippen LogP contribution in [0.1, 0.15) is 12.5 Å². The fourth-order valence-electron chi connectivity index (χ4n) is 1.98. The van der Waals surface area contributed by atoms with Gasteiger partial charge in [-0.15, -0.1) is 0 Å². The molecule has 134 valence electrons. The smallest absolute Gasteiger partial charge is 0.325 e. The number of rotatable bonds is 7. The van der Waals surface area contributed by atoms with Gasteiger partial charge in [-0.2, -0.15) is 5.26 Å². The maximum atomic E-state index is 11.9. The lowest BCUT2D eigenvalue weighted by Crippen LogP contribution is -2.31. The van der Waals surface area contributed by atoms with Crippen molar-refractivity contribution in [3.8, 4) is 17.3 Å². The van der Waals surface area contributed by atoms with Crippen LogP contribution in [0.2, 0.25) is 5.02 Å². The molecule has 0 radical (unpaired) electrons. The maximum Gasteiger partial charge on any atom is 0.325 e. The highest BCUT2D eigenvalue weighted by atomic mass is 35.5. The van der Waals surface area contributed by atoms with Crippen LogP contribution in [-0.4, -0.2) is 35.8 Å². The quantitative estimate of drug-likeness (QED) is 0.578. The van der Waals surface area contributed by atoms with Crippen LogP contribution in [0.25, 0.3) is 11.3 Å². The number of carbonyl (C=O) groups excluding carboxylic acids is 2. The molecular weight excluding hydrogens is 374 g/mol. The highest BCUT2D eigenvalue weighted by Crippen LogP contribution is 2.26. The molecule has 0 saturated carbocycles. The summed E-state index contributed by atoms with van der Waals surface area (Å²) in [6.45, 7) is 1.77. The minimum atomic E-state index is -0.494. The monoisotopic (exact) mass is 389 g/mol. The Kier molecular flexibility index (Phi) is 7.45. The Balaban J connectivity index is 2.04. The lowest BCUT2D eigenvalue weighted by atomic mass is 10.1. The Bertz CT molecular complexity index is 835. The number of hydrogen-bond acceptors (Lipinski definition) is 6. The number of ether oxygens (including phenoxy) is 1. The summed E-state index contributed by atoms with van der Waals surface area (Å²) in [7, 11) is 0. The van der Waals surface area contributed by atoms with Gasteiger partial charge in [-0.3, -0.25) is 9.59 Å². The summed E-state index contributed by atoms with van der Waals surface area (Å²) in [5, 5.41) is 12.8. The van der Waals surface area contributed by atoms with Gasteiger partial charge in [0.1, 0.15) is 17.6 Å². The summed E-state index contributed by atoms with van der Waals surface area (Å²) in [4.78, 5) is 27.6. The predicted octanol–water partition coefficient (Wildman–Crippen LogP) is 3.05. The molecule has 0 fully saturated rings. The zero-order valence-corrected chi connectivity index (χ0v) is 15.6. The van der Waals surface area contributed by atoms with Gasteiger partial charge in [-0.05, 0) is 31.2 Å². The molecule has 0 bridgehead atoms. The topological polar surface area (TPSA) is 92.1 Å². The van der Waals surface area contributed by atoms with Crippen molar-refractivity contribution < 1.29 is 14.3 Å². The van der Waals surface area contributed by atoms with Gasteiger partial charge in [0.15, 0.2) is 0 Å². The van der Waals surface area contributed by atoms with Gasteiger partial charge >= 0.3 is 5.97 Å². The van der Waals surface area contributed by atoms with Crippen LogP contribution in [0.4, 0.5) is 0 Å². The van der Waals surface area contributed by atoms with Crippen molar-refractivity contribution in [2.75, 3.05) is 18.9 Å². The summed E-state index contributed by atoms with van der Waals surface area (Å²) in [5.74, 6) is -0.803. The van der Waals surface area contributed by atoms with Crippen LogP contribution in [0, 0.1) is 11.3 Å². The number of carbonyl (C=O) groups is 2. The highest BCUT2D eigenvalue weighted by molar-refractivity contribution is 8.00. The minimum absolute atomic E-state index is 0.0329. The maximum absolute atomic E-state index is 11.9. The van der Waals surface area contributed by atoms with Crippen LogP contribution < -0.4 is 5.32 Å². The van der Waals surface area contributed by atoms with Crippen LogP contribution in [-0.2, 0) is 14.3 Å². The fraction of sp³-hybridized carbons (Fsp3) is 0.222. The van der Waals surface area contributed by atoms with Crippen molar-refractivity contribution in [2.24, 2.45) is 0 Å². The average Bonchev–Trinajstić information content (AvgIpc) is 2.65. The lowest BCUT2D eigenvalue weighted by Gasteiger charge is -2.08. The summed E-state index contributed by atoms with van der Waals surface area (Å²) in [5.41, 5.74) is 1.91. The lowest BCUT2D eigenvalue weighted by molar-refractivity contribution is -0.143. The van der Waals surface area contributed by atoms with E-state index in [2.05, 4.69) is 16.4 Å². The Hall–Kier alpha value is -2.56. The number of amides is 1. The van der Waals surface area contributed by atoms with Gasteiger partial charge in [-0.1, -0.05) is 35.5 Å². The molecule has 1 aromatic heterocycles. The van der Waals surface area contributed by atoms with Crippen LogP contribution in [0.15, 0.2) is 41.4 Å². The van der Waals surface area contributed by atoms with Gasteiger partial charge in [0.2, 0.25) is 5.91 Å². The van der Waals surface area contributed by atoms with Crippen molar-refractivity contribution in [2.45, 2.75) is 11.9 Å². The van der Waals surface area contributed by atoms with E-state index in [1.807, 2.05) is 12.1 Å². The van der Waals surface area contributed by atoms with Gasteiger partial charge in [0.25, 0.3) is 0 Å². The van der Waals surface area contributed by atoms with Gasteiger partial charge in [-0.25, -0.2) is 4.98 Å².